The minimum atomic E-state index is 0.142. The highest BCUT2D eigenvalue weighted by molar-refractivity contribution is 5.40. The van der Waals surface area contributed by atoms with Gasteiger partial charge >= 0.3 is 0 Å². The Morgan fingerprint density at radius 1 is 1.16 bits per heavy atom. The molecule has 0 saturated carbocycles. The Bertz CT molecular complexity index is 454. The van der Waals surface area contributed by atoms with Crippen molar-refractivity contribution >= 4 is 0 Å². The van der Waals surface area contributed by atoms with E-state index in [0.717, 1.165) is 25.4 Å². The molecule has 0 bridgehead atoms. The Morgan fingerprint density at radius 3 is 2.42 bits per heavy atom. The smallest absolute Gasteiger partial charge is 0.123 e. The number of ether oxygens (including phenoxy) is 3. The maximum atomic E-state index is 5.94. The van der Waals surface area contributed by atoms with Gasteiger partial charge in [0.2, 0.25) is 0 Å². The third-order valence-corrected chi connectivity index (χ3v) is 3.61. The Balaban J connectivity index is 1.79. The Kier molecular flexibility index (Phi) is 3.27. The molecule has 3 rings (SSSR count). The van der Waals surface area contributed by atoms with Gasteiger partial charge in [0, 0.05) is 6.42 Å². The lowest BCUT2D eigenvalue weighted by Gasteiger charge is -2.21. The van der Waals surface area contributed by atoms with Crippen molar-refractivity contribution in [1.29, 1.82) is 0 Å². The minimum absolute atomic E-state index is 0.142. The fraction of sp³-hybridized carbons (Fsp3) is 0.625. The summed E-state index contributed by atoms with van der Waals surface area (Å²) in [6, 6.07) is 6.57. The molecule has 0 radical (unpaired) electrons. The summed E-state index contributed by atoms with van der Waals surface area (Å²) in [7, 11) is 0. The second kappa shape index (κ2) is 4.80. The van der Waals surface area contributed by atoms with Crippen LogP contribution in [0.2, 0.25) is 0 Å². The summed E-state index contributed by atoms with van der Waals surface area (Å²) in [5.74, 6) is 0.999. The van der Waals surface area contributed by atoms with E-state index in [9.17, 15) is 0 Å². The van der Waals surface area contributed by atoms with Gasteiger partial charge in [0.1, 0.15) is 18.5 Å². The largest absolute Gasteiger partial charge is 0.490 e. The van der Waals surface area contributed by atoms with E-state index in [0.29, 0.717) is 18.8 Å². The fourth-order valence-electron chi connectivity index (χ4n) is 2.10. The van der Waals surface area contributed by atoms with Gasteiger partial charge in [-0.2, -0.15) is 0 Å². The van der Waals surface area contributed by atoms with Crippen LogP contribution in [0, 0.1) is 0 Å². The quantitative estimate of drug-likeness (QED) is 0.765. The molecule has 0 aromatic heterocycles. The first-order valence-corrected chi connectivity index (χ1v) is 7.02. The Hall–Kier alpha value is -1.06. The van der Waals surface area contributed by atoms with E-state index in [1.807, 2.05) is 0 Å². The molecule has 3 heteroatoms. The van der Waals surface area contributed by atoms with Crippen LogP contribution in [0.3, 0.4) is 0 Å². The molecule has 2 aliphatic heterocycles. The van der Waals surface area contributed by atoms with Crippen molar-refractivity contribution in [3.8, 4) is 5.75 Å². The van der Waals surface area contributed by atoms with Crippen LogP contribution in [0.4, 0.5) is 0 Å². The molecule has 3 nitrogen and oxygen atoms in total. The number of rotatable bonds is 5. The van der Waals surface area contributed by atoms with Crippen LogP contribution in [-0.2, 0) is 21.3 Å². The highest BCUT2D eigenvalue weighted by atomic mass is 16.6. The lowest BCUT2D eigenvalue weighted by Crippen LogP contribution is -2.13. The summed E-state index contributed by atoms with van der Waals surface area (Å²) in [6.07, 6.45) is 1.63. The summed E-state index contributed by atoms with van der Waals surface area (Å²) in [6.45, 7) is 9.04. The van der Waals surface area contributed by atoms with E-state index in [1.165, 1.54) is 11.1 Å². The molecule has 2 heterocycles. The predicted molar refractivity (Wildman–Crippen MR) is 73.8 cm³/mol. The Labute approximate surface area is 114 Å². The van der Waals surface area contributed by atoms with Crippen molar-refractivity contribution in [2.24, 2.45) is 0 Å². The number of hydrogen-bond acceptors (Lipinski definition) is 3. The number of benzene rings is 1. The summed E-state index contributed by atoms with van der Waals surface area (Å²) in [5, 5.41) is 0. The summed E-state index contributed by atoms with van der Waals surface area (Å²) >= 11 is 0. The lowest BCUT2D eigenvalue weighted by atomic mass is 9.86. The molecule has 104 valence electrons. The molecular weight excluding hydrogens is 240 g/mol. The van der Waals surface area contributed by atoms with Gasteiger partial charge in [-0.3, -0.25) is 0 Å². The average molecular weight is 262 g/mol. The van der Waals surface area contributed by atoms with Gasteiger partial charge in [-0.1, -0.05) is 32.9 Å². The van der Waals surface area contributed by atoms with Gasteiger partial charge in [-0.05, 0) is 22.6 Å². The number of epoxide rings is 2. The maximum absolute atomic E-state index is 5.94. The predicted octanol–water partition coefficient (Wildman–Crippen LogP) is 2.70. The minimum Gasteiger partial charge on any atom is -0.490 e. The van der Waals surface area contributed by atoms with E-state index in [-0.39, 0.29) is 5.41 Å². The molecule has 0 spiro atoms. The van der Waals surface area contributed by atoms with Gasteiger partial charge in [-0.15, -0.1) is 0 Å². The van der Waals surface area contributed by atoms with Gasteiger partial charge in [0.15, 0.2) is 0 Å². The standard InChI is InChI=1S/C16H22O3/c1-16(2,3)12-5-4-11(6-13-8-17-13)15(7-12)19-10-14-9-18-14/h4-5,7,13-14H,6,8-10H2,1-3H3. The van der Waals surface area contributed by atoms with Gasteiger partial charge in [0.25, 0.3) is 0 Å². The zero-order valence-electron chi connectivity index (χ0n) is 11.9. The van der Waals surface area contributed by atoms with Crippen molar-refractivity contribution in [2.45, 2.75) is 44.8 Å². The second-order valence-electron chi connectivity index (χ2n) is 6.50. The maximum Gasteiger partial charge on any atom is 0.123 e. The fourth-order valence-corrected chi connectivity index (χ4v) is 2.10. The highest BCUT2D eigenvalue weighted by Gasteiger charge is 2.27. The topological polar surface area (TPSA) is 34.3 Å². The van der Waals surface area contributed by atoms with E-state index in [1.54, 1.807) is 0 Å². The average Bonchev–Trinajstić information content (AvgIpc) is 3.21. The van der Waals surface area contributed by atoms with Crippen LogP contribution in [0.5, 0.6) is 5.75 Å². The molecule has 1 aromatic carbocycles. The van der Waals surface area contributed by atoms with Gasteiger partial charge < -0.3 is 14.2 Å². The first kappa shape index (κ1) is 12.9. The van der Waals surface area contributed by atoms with Crippen molar-refractivity contribution in [1.82, 2.24) is 0 Å². The molecule has 2 atom stereocenters. The lowest BCUT2D eigenvalue weighted by molar-refractivity contribution is 0.260. The van der Waals surface area contributed by atoms with Gasteiger partial charge in [0.05, 0.1) is 19.3 Å². The van der Waals surface area contributed by atoms with Crippen LogP contribution in [-0.4, -0.2) is 32.0 Å². The molecule has 2 saturated heterocycles. The van der Waals surface area contributed by atoms with Crippen LogP contribution >= 0.6 is 0 Å². The van der Waals surface area contributed by atoms with Gasteiger partial charge in [-0.25, -0.2) is 0 Å². The third kappa shape index (κ3) is 3.48. The van der Waals surface area contributed by atoms with Crippen LogP contribution in [0.15, 0.2) is 18.2 Å². The zero-order chi connectivity index (χ0) is 13.5. The molecular formula is C16H22O3. The van der Waals surface area contributed by atoms with E-state index >= 15 is 0 Å². The molecule has 2 unspecified atom stereocenters. The summed E-state index contributed by atoms with van der Waals surface area (Å²) in [4.78, 5) is 0. The molecule has 0 aliphatic carbocycles. The third-order valence-electron chi connectivity index (χ3n) is 3.61. The molecule has 2 fully saturated rings. The summed E-state index contributed by atoms with van der Waals surface area (Å²) in [5.41, 5.74) is 2.69. The van der Waals surface area contributed by atoms with Crippen molar-refractivity contribution in [3.63, 3.8) is 0 Å². The first-order chi connectivity index (χ1) is 9.02. The monoisotopic (exact) mass is 262 g/mol. The van der Waals surface area contributed by atoms with Crippen molar-refractivity contribution < 1.29 is 14.2 Å². The van der Waals surface area contributed by atoms with Crippen LogP contribution < -0.4 is 4.74 Å². The Morgan fingerprint density at radius 2 is 1.84 bits per heavy atom. The van der Waals surface area contributed by atoms with E-state index < -0.39 is 0 Å². The van der Waals surface area contributed by atoms with Crippen molar-refractivity contribution in [2.75, 3.05) is 19.8 Å². The number of hydrogen-bond donors (Lipinski definition) is 0. The highest BCUT2D eigenvalue weighted by Crippen LogP contribution is 2.31. The summed E-state index contributed by atoms with van der Waals surface area (Å²) < 4.78 is 16.5. The van der Waals surface area contributed by atoms with Crippen molar-refractivity contribution in [3.05, 3.63) is 29.3 Å². The van der Waals surface area contributed by atoms with E-state index in [4.69, 9.17) is 14.2 Å². The second-order valence-corrected chi connectivity index (χ2v) is 6.50. The normalized spacial score (nSPS) is 25.2. The SMILES string of the molecule is CC(C)(C)c1ccc(CC2CO2)c(OCC2CO2)c1. The zero-order valence-corrected chi connectivity index (χ0v) is 11.9. The molecule has 19 heavy (non-hydrogen) atoms. The first-order valence-electron chi connectivity index (χ1n) is 7.02. The van der Waals surface area contributed by atoms with E-state index in [2.05, 4.69) is 39.0 Å². The molecule has 2 aliphatic rings. The van der Waals surface area contributed by atoms with Crippen LogP contribution in [0.25, 0.3) is 0 Å². The molecule has 0 amide bonds. The molecule has 0 N–H and O–H groups in total. The molecule has 1 aromatic rings. The van der Waals surface area contributed by atoms with Crippen LogP contribution in [0.1, 0.15) is 31.9 Å².